The number of benzene rings is 2. The average Bonchev–Trinajstić information content (AvgIpc) is 3.39. The minimum Gasteiger partial charge on any atom is -0.457 e. The molecule has 10 nitrogen and oxygen atoms in total. The first kappa shape index (κ1) is 26.2. The van der Waals surface area contributed by atoms with E-state index in [0.29, 0.717) is 5.82 Å². The van der Waals surface area contributed by atoms with Crippen LogP contribution in [0.1, 0.15) is 44.6 Å². The summed E-state index contributed by atoms with van der Waals surface area (Å²) < 4.78 is 7.97. The van der Waals surface area contributed by atoms with Gasteiger partial charge < -0.3 is 15.8 Å². The number of nitrogen functional groups attached to an aromatic ring is 1. The van der Waals surface area contributed by atoms with Crippen molar-refractivity contribution in [2.24, 2.45) is 5.92 Å². The summed E-state index contributed by atoms with van der Waals surface area (Å²) in [4.78, 5) is 21.7. The topological polar surface area (TPSA) is 123 Å². The van der Waals surface area contributed by atoms with Crippen LogP contribution in [0.5, 0.6) is 11.5 Å². The van der Waals surface area contributed by atoms with E-state index in [0.717, 1.165) is 85.4 Å². The molecule has 4 aromatic rings. The molecule has 2 fully saturated rings. The smallest absolute Gasteiger partial charge is 0.223 e. The van der Waals surface area contributed by atoms with Crippen molar-refractivity contribution in [3.8, 4) is 22.8 Å². The first-order valence-electron chi connectivity index (χ1n) is 14.1. The number of hydrogen-bond donors (Lipinski definition) is 3. The van der Waals surface area contributed by atoms with Crippen molar-refractivity contribution in [3.63, 3.8) is 0 Å². The van der Waals surface area contributed by atoms with Gasteiger partial charge in [-0.2, -0.15) is 5.10 Å². The van der Waals surface area contributed by atoms with Crippen LogP contribution in [-0.2, 0) is 4.79 Å². The fraction of sp³-hybridized carbons (Fsp3) is 0.400. The molecule has 0 bridgehead atoms. The number of piperidine rings is 1. The molecule has 10 heteroatoms. The minimum atomic E-state index is 0.101. The molecule has 1 amide bonds. The summed E-state index contributed by atoms with van der Waals surface area (Å²) in [6, 6.07) is 17.9. The van der Waals surface area contributed by atoms with Crippen LogP contribution in [0.4, 0.5) is 5.82 Å². The van der Waals surface area contributed by atoms with Gasteiger partial charge in [-0.15, -0.1) is 0 Å². The highest BCUT2D eigenvalue weighted by Gasteiger charge is 2.30. The van der Waals surface area contributed by atoms with Gasteiger partial charge in [0.25, 0.3) is 0 Å². The summed E-state index contributed by atoms with van der Waals surface area (Å²) in [7, 11) is 1.93. The monoisotopic (exact) mass is 540 g/mol. The van der Waals surface area contributed by atoms with Gasteiger partial charge in [0.1, 0.15) is 29.3 Å². The molecule has 2 aromatic carbocycles. The van der Waals surface area contributed by atoms with Gasteiger partial charge in [-0.3, -0.25) is 10.2 Å². The first-order chi connectivity index (χ1) is 19.6. The molecule has 1 aliphatic carbocycles. The molecule has 1 aliphatic heterocycles. The van der Waals surface area contributed by atoms with E-state index in [1.54, 1.807) is 0 Å². The molecular weight excluding hydrogens is 504 g/mol. The van der Waals surface area contributed by atoms with Crippen LogP contribution in [0.2, 0.25) is 0 Å². The number of hydrogen-bond acceptors (Lipinski definition) is 8. The largest absolute Gasteiger partial charge is 0.457 e. The highest BCUT2D eigenvalue weighted by atomic mass is 16.5. The van der Waals surface area contributed by atoms with E-state index in [9.17, 15) is 4.79 Å². The zero-order chi connectivity index (χ0) is 27.5. The second-order valence-electron chi connectivity index (χ2n) is 10.7. The molecule has 3 heterocycles. The molecule has 0 radical (unpaired) electrons. The van der Waals surface area contributed by atoms with Crippen LogP contribution < -0.4 is 21.2 Å². The third-order valence-electron chi connectivity index (χ3n) is 8.20. The SMILES string of the molecule is CNN1CCC(C(=O)NC2CCC(n3nc(-c4ccc(Oc5ccccc5)cc4)c4c(N)ncnc43)CC2)CC1. The van der Waals surface area contributed by atoms with Crippen LogP contribution in [0, 0.1) is 5.92 Å². The summed E-state index contributed by atoms with van der Waals surface area (Å²) in [5.41, 5.74) is 12.0. The maximum Gasteiger partial charge on any atom is 0.223 e. The Morgan fingerprint density at radius 3 is 2.33 bits per heavy atom. The van der Waals surface area contributed by atoms with Gasteiger partial charge in [0.15, 0.2) is 5.65 Å². The second-order valence-corrected chi connectivity index (χ2v) is 10.7. The lowest BCUT2D eigenvalue weighted by atomic mass is 9.90. The van der Waals surface area contributed by atoms with Crippen LogP contribution in [-0.4, -0.2) is 56.8 Å². The van der Waals surface area contributed by atoms with Crippen molar-refractivity contribution < 1.29 is 9.53 Å². The summed E-state index contributed by atoms with van der Waals surface area (Å²) >= 11 is 0. The number of anilines is 1. The van der Waals surface area contributed by atoms with E-state index < -0.39 is 0 Å². The Balaban J connectivity index is 1.15. The molecule has 4 N–H and O–H groups in total. The maximum atomic E-state index is 12.9. The van der Waals surface area contributed by atoms with E-state index in [1.165, 1.54) is 6.33 Å². The summed E-state index contributed by atoms with van der Waals surface area (Å²) in [5.74, 6) is 2.25. The van der Waals surface area contributed by atoms with Crippen molar-refractivity contribution in [2.75, 3.05) is 25.9 Å². The molecule has 2 aromatic heterocycles. The fourth-order valence-electron chi connectivity index (χ4n) is 5.91. The number of amides is 1. The summed E-state index contributed by atoms with van der Waals surface area (Å²) in [6.07, 6.45) is 6.93. The number of fused-ring (bicyclic) bond motifs is 1. The van der Waals surface area contributed by atoms with Crippen LogP contribution in [0.3, 0.4) is 0 Å². The number of nitrogens with two attached hydrogens (primary N) is 1. The van der Waals surface area contributed by atoms with Crippen molar-refractivity contribution >= 4 is 22.8 Å². The summed E-state index contributed by atoms with van der Waals surface area (Å²) in [6.45, 7) is 1.81. The standard InChI is InChI=1S/C30H36N8O2/c1-32-37-17-15-21(16-18-37)30(39)35-22-9-11-23(12-10-22)38-29-26(28(31)33-19-34-29)27(36-38)20-7-13-25(14-8-20)40-24-5-3-2-4-6-24/h2-8,13-14,19,21-23,32H,9-12,15-18H2,1H3,(H,35,39)(H2,31,33,34). The zero-order valence-electron chi connectivity index (χ0n) is 22.8. The molecule has 0 spiro atoms. The van der Waals surface area contributed by atoms with Gasteiger partial charge in [0, 0.05) is 30.6 Å². The summed E-state index contributed by atoms with van der Waals surface area (Å²) in [5, 5.41) is 11.3. The lowest BCUT2D eigenvalue weighted by Crippen LogP contribution is -2.47. The number of ether oxygens (including phenoxy) is 1. The van der Waals surface area contributed by atoms with Crippen LogP contribution in [0.15, 0.2) is 60.9 Å². The number of nitrogens with one attached hydrogen (secondary N) is 2. The van der Waals surface area contributed by atoms with Gasteiger partial charge in [-0.25, -0.2) is 19.7 Å². The molecule has 2 aliphatic rings. The van der Waals surface area contributed by atoms with Gasteiger partial charge in [-0.05, 0) is 82.0 Å². The number of nitrogens with zero attached hydrogens (tertiary/aromatic N) is 5. The highest BCUT2D eigenvalue weighted by Crippen LogP contribution is 2.36. The number of carbonyl (C=O) groups excluding carboxylic acids is 1. The van der Waals surface area contributed by atoms with E-state index in [4.69, 9.17) is 15.6 Å². The Morgan fingerprint density at radius 1 is 0.925 bits per heavy atom. The Labute approximate surface area is 233 Å². The molecule has 0 atom stereocenters. The predicted molar refractivity (Wildman–Crippen MR) is 154 cm³/mol. The Kier molecular flexibility index (Phi) is 7.61. The number of aromatic nitrogens is 4. The fourth-order valence-corrected chi connectivity index (χ4v) is 5.91. The van der Waals surface area contributed by atoms with Crippen molar-refractivity contribution in [1.82, 2.24) is 35.5 Å². The van der Waals surface area contributed by atoms with Crippen LogP contribution >= 0.6 is 0 Å². The van der Waals surface area contributed by atoms with Crippen molar-refractivity contribution in [3.05, 3.63) is 60.9 Å². The Morgan fingerprint density at radius 2 is 1.62 bits per heavy atom. The second kappa shape index (κ2) is 11.6. The maximum absolute atomic E-state index is 12.9. The third kappa shape index (κ3) is 5.50. The average molecular weight is 541 g/mol. The number of para-hydroxylation sites is 1. The van der Waals surface area contributed by atoms with Gasteiger partial charge in [0.05, 0.1) is 11.4 Å². The quantitative estimate of drug-likeness (QED) is 0.317. The molecule has 6 rings (SSSR count). The van der Waals surface area contributed by atoms with Crippen LogP contribution in [0.25, 0.3) is 22.3 Å². The Bertz CT molecular complexity index is 1440. The Hall–Kier alpha value is -4.02. The van der Waals surface area contributed by atoms with E-state index in [2.05, 4.69) is 25.7 Å². The third-order valence-corrected chi connectivity index (χ3v) is 8.20. The molecule has 40 heavy (non-hydrogen) atoms. The number of hydrazine groups is 1. The minimum absolute atomic E-state index is 0.101. The predicted octanol–water partition coefficient (Wildman–Crippen LogP) is 4.31. The van der Waals surface area contributed by atoms with E-state index >= 15 is 0 Å². The lowest BCUT2D eigenvalue weighted by molar-refractivity contribution is -0.127. The van der Waals surface area contributed by atoms with Crippen molar-refractivity contribution in [1.29, 1.82) is 0 Å². The van der Waals surface area contributed by atoms with Crippen molar-refractivity contribution in [2.45, 2.75) is 50.6 Å². The van der Waals surface area contributed by atoms with Gasteiger partial charge >= 0.3 is 0 Å². The first-order valence-corrected chi connectivity index (χ1v) is 14.1. The molecule has 0 unspecified atom stereocenters. The number of rotatable bonds is 7. The zero-order valence-corrected chi connectivity index (χ0v) is 22.8. The molecular formula is C30H36N8O2. The van der Waals surface area contributed by atoms with Gasteiger partial charge in [-0.1, -0.05) is 18.2 Å². The number of carbonyl (C=O) groups is 1. The lowest BCUT2D eigenvalue weighted by Gasteiger charge is -2.33. The highest BCUT2D eigenvalue weighted by molar-refractivity contribution is 5.98. The normalized spacial score (nSPS) is 20.4. The van der Waals surface area contributed by atoms with E-state index in [-0.39, 0.29) is 23.9 Å². The molecule has 1 saturated heterocycles. The van der Waals surface area contributed by atoms with Gasteiger partial charge in [0.2, 0.25) is 5.91 Å². The molecule has 208 valence electrons. The van der Waals surface area contributed by atoms with E-state index in [1.807, 2.05) is 66.3 Å². The molecule has 1 saturated carbocycles.